The fraction of sp³-hybridized carbons (Fsp3) is 0.467. The molecular weight excluding hydrogens is 246 g/mol. The average molecular weight is 266 g/mol. The lowest BCUT2D eigenvalue weighted by Crippen LogP contribution is -2.38. The predicted molar refractivity (Wildman–Crippen MR) is 72.3 cm³/mol. The Hall–Kier alpha value is -1.26. The Balaban J connectivity index is 2.14. The lowest BCUT2D eigenvalue weighted by molar-refractivity contribution is 0.486. The normalized spacial score (nSPS) is 17.7. The molecule has 0 heterocycles. The van der Waals surface area contributed by atoms with Gasteiger partial charge in [0.15, 0.2) is 11.6 Å². The van der Waals surface area contributed by atoms with Gasteiger partial charge in [-0.1, -0.05) is 30.2 Å². The molecule has 0 amide bonds. The van der Waals surface area contributed by atoms with Crippen molar-refractivity contribution in [1.82, 2.24) is 5.43 Å². The minimum Gasteiger partial charge on any atom is -0.271 e. The summed E-state index contributed by atoms with van der Waals surface area (Å²) in [6.07, 6.45) is 8.13. The first-order valence-electron chi connectivity index (χ1n) is 6.80. The predicted octanol–water partition coefficient (Wildman–Crippen LogP) is 3.23. The van der Waals surface area contributed by atoms with E-state index < -0.39 is 11.6 Å². The second kappa shape index (κ2) is 6.78. The zero-order chi connectivity index (χ0) is 13.7. The second-order valence-corrected chi connectivity index (χ2v) is 5.01. The highest BCUT2D eigenvalue weighted by atomic mass is 19.2. The molecule has 19 heavy (non-hydrogen) atoms. The number of nitrogens with two attached hydrogens (primary N) is 1. The van der Waals surface area contributed by atoms with Crippen LogP contribution in [0.3, 0.4) is 0 Å². The molecule has 0 saturated carbocycles. The van der Waals surface area contributed by atoms with E-state index in [-0.39, 0.29) is 6.04 Å². The lowest BCUT2D eigenvalue weighted by atomic mass is 9.95. The number of hydrogen-bond donors (Lipinski definition) is 2. The highest BCUT2D eigenvalue weighted by molar-refractivity contribution is 5.24. The summed E-state index contributed by atoms with van der Waals surface area (Å²) in [6, 6.07) is 4.16. The summed E-state index contributed by atoms with van der Waals surface area (Å²) in [7, 11) is 0. The third-order valence-corrected chi connectivity index (χ3v) is 3.68. The van der Waals surface area contributed by atoms with Gasteiger partial charge in [-0.25, -0.2) is 8.78 Å². The van der Waals surface area contributed by atoms with Crippen LogP contribution in [-0.2, 0) is 6.42 Å². The van der Waals surface area contributed by atoms with Gasteiger partial charge in [0.1, 0.15) is 0 Å². The Bertz CT molecular complexity index is 457. The number of benzene rings is 1. The van der Waals surface area contributed by atoms with Crippen molar-refractivity contribution in [2.45, 2.75) is 44.6 Å². The minimum atomic E-state index is -0.803. The number of halogens is 2. The molecule has 2 rings (SSSR count). The summed E-state index contributed by atoms with van der Waals surface area (Å²) in [5, 5.41) is 0. The molecule has 1 atom stereocenters. The van der Waals surface area contributed by atoms with Crippen molar-refractivity contribution in [3.8, 4) is 0 Å². The zero-order valence-corrected chi connectivity index (χ0v) is 11.0. The summed E-state index contributed by atoms with van der Waals surface area (Å²) in [5.74, 6) is 4.01. The molecule has 0 radical (unpaired) electrons. The highest BCUT2D eigenvalue weighted by Gasteiger charge is 2.17. The maximum absolute atomic E-state index is 13.7. The molecule has 0 fully saturated rings. The molecule has 4 heteroatoms. The smallest absolute Gasteiger partial charge is 0.162 e. The number of hydrazine groups is 1. The largest absolute Gasteiger partial charge is 0.271 e. The van der Waals surface area contributed by atoms with Gasteiger partial charge in [-0.05, 0) is 43.7 Å². The van der Waals surface area contributed by atoms with E-state index >= 15 is 0 Å². The first-order valence-corrected chi connectivity index (χ1v) is 6.80. The van der Waals surface area contributed by atoms with Crippen molar-refractivity contribution in [3.63, 3.8) is 0 Å². The molecule has 0 aliphatic heterocycles. The molecule has 1 aromatic carbocycles. The van der Waals surface area contributed by atoms with Gasteiger partial charge >= 0.3 is 0 Å². The van der Waals surface area contributed by atoms with Crippen LogP contribution in [0.5, 0.6) is 0 Å². The Morgan fingerprint density at radius 3 is 2.84 bits per heavy atom. The molecule has 0 bridgehead atoms. The molecular formula is C15H20F2N2. The van der Waals surface area contributed by atoms with Gasteiger partial charge in [0.05, 0.1) is 0 Å². The van der Waals surface area contributed by atoms with E-state index in [9.17, 15) is 8.78 Å². The SMILES string of the molecule is NNC(Cc1cccc(F)c1F)C1=CCCCCC1. The maximum Gasteiger partial charge on any atom is 0.162 e. The van der Waals surface area contributed by atoms with Crippen molar-refractivity contribution in [2.24, 2.45) is 5.84 Å². The standard InChI is InChI=1S/C15H20F2N2/c16-13-9-5-8-12(15(13)17)10-14(19-18)11-6-3-1-2-4-7-11/h5-6,8-9,14,19H,1-4,7,10,18H2. The number of hydrogen-bond acceptors (Lipinski definition) is 2. The molecule has 1 aliphatic rings. The first kappa shape index (κ1) is 14.2. The van der Waals surface area contributed by atoms with Gasteiger partial charge in [0.2, 0.25) is 0 Å². The molecule has 0 saturated heterocycles. The minimum absolute atomic E-state index is 0.116. The van der Waals surface area contributed by atoms with Crippen molar-refractivity contribution >= 4 is 0 Å². The summed E-state index contributed by atoms with van der Waals surface area (Å²) in [4.78, 5) is 0. The van der Waals surface area contributed by atoms with Crippen LogP contribution in [0, 0.1) is 11.6 Å². The van der Waals surface area contributed by atoms with Crippen LogP contribution in [0.1, 0.15) is 37.7 Å². The number of rotatable bonds is 4. The fourth-order valence-corrected chi connectivity index (χ4v) is 2.58. The van der Waals surface area contributed by atoms with Crippen LogP contribution < -0.4 is 11.3 Å². The Morgan fingerprint density at radius 1 is 1.21 bits per heavy atom. The van der Waals surface area contributed by atoms with Crippen molar-refractivity contribution in [2.75, 3.05) is 0 Å². The van der Waals surface area contributed by atoms with Crippen molar-refractivity contribution in [3.05, 3.63) is 47.0 Å². The van der Waals surface area contributed by atoms with Gasteiger partial charge in [0.25, 0.3) is 0 Å². The van der Waals surface area contributed by atoms with E-state index in [0.29, 0.717) is 12.0 Å². The Morgan fingerprint density at radius 2 is 2.05 bits per heavy atom. The van der Waals surface area contributed by atoms with Gasteiger partial charge in [0, 0.05) is 6.04 Å². The molecule has 1 aliphatic carbocycles. The summed E-state index contributed by atoms with van der Waals surface area (Å²) in [6.45, 7) is 0. The summed E-state index contributed by atoms with van der Waals surface area (Å²) in [5.41, 5.74) is 4.32. The van der Waals surface area contributed by atoms with Crippen LogP contribution in [0.4, 0.5) is 8.78 Å². The van der Waals surface area contributed by atoms with Crippen molar-refractivity contribution in [1.29, 1.82) is 0 Å². The van der Waals surface area contributed by atoms with E-state index in [0.717, 1.165) is 25.3 Å². The van der Waals surface area contributed by atoms with Crippen LogP contribution in [0.25, 0.3) is 0 Å². The van der Waals surface area contributed by atoms with Gasteiger partial charge < -0.3 is 0 Å². The van der Waals surface area contributed by atoms with Crippen molar-refractivity contribution < 1.29 is 8.78 Å². The van der Waals surface area contributed by atoms with Crippen LogP contribution >= 0.6 is 0 Å². The quantitative estimate of drug-likeness (QED) is 0.499. The monoisotopic (exact) mass is 266 g/mol. The molecule has 0 aromatic heterocycles. The number of nitrogens with one attached hydrogen (secondary N) is 1. The topological polar surface area (TPSA) is 38.0 Å². The van der Waals surface area contributed by atoms with E-state index in [1.54, 1.807) is 6.07 Å². The van der Waals surface area contributed by atoms with Gasteiger partial charge in [-0.15, -0.1) is 0 Å². The zero-order valence-electron chi connectivity index (χ0n) is 11.0. The maximum atomic E-state index is 13.7. The van der Waals surface area contributed by atoms with Crippen LogP contribution in [-0.4, -0.2) is 6.04 Å². The van der Waals surface area contributed by atoms with Gasteiger partial charge in [-0.3, -0.25) is 11.3 Å². The Labute approximate surface area is 112 Å². The molecule has 1 aromatic rings. The van der Waals surface area contributed by atoms with Crippen LogP contribution in [0.15, 0.2) is 29.8 Å². The second-order valence-electron chi connectivity index (χ2n) is 5.01. The fourth-order valence-electron chi connectivity index (χ4n) is 2.58. The highest BCUT2D eigenvalue weighted by Crippen LogP contribution is 2.23. The first-order chi connectivity index (χ1) is 9.22. The third-order valence-electron chi connectivity index (χ3n) is 3.68. The third kappa shape index (κ3) is 3.61. The van der Waals surface area contributed by atoms with E-state index in [1.807, 2.05) is 0 Å². The Kier molecular flexibility index (Phi) is 5.05. The number of allylic oxidation sites excluding steroid dienone is 1. The van der Waals surface area contributed by atoms with E-state index in [2.05, 4.69) is 11.5 Å². The van der Waals surface area contributed by atoms with Gasteiger partial charge in [-0.2, -0.15) is 0 Å². The molecule has 2 nitrogen and oxygen atoms in total. The van der Waals surface area contributed by atoms with E-state index in [4.69, 9.17) is 5.84 Å². The molecule has 104 valence electrons. The molecule has 0 spiro atoms. The average Bonchev–Trinajstić information content (AvgIpc) is 2.69. The van der Waals surface area contributed by atoms with E-state index in [1.165, 1.54) is 24.5 Å². The lowest BCUT2D eigenvalue weighted by Gasteiger charge is -2.19. The van der Waals surface area contributed by atoms with Crippen LogP contribution in [0.2, 0.25) is 0 Å². The summed E-state index contributed by atoms with van der Waals surface area (Å²) < 4.78 is 26.9. The summed E-state index contributed by atoms with van der Waals surface area (Å²) >= 11 is 0. The molecule has 3 N–H and O–H groups in total. The molecule has 1 unspecified atom stereocenters.